The zero-order chi connectivity index (χ0) is 21.2. The Hall–Kier alpha value is -1.49. The van der Waals surface area contributed by atoms with Gasteiger partial charge in [-0.1, -0.05) is 32.4 Å². The smallest absolute Gasteiger partial charge is 0.303 e. The van der Waals surface area contributed by atoms with Gasteiger partial charge in [0.1, 0.15) is 12.4 Å². The van der Waals surface area contributed by atoms with Crippen LogP contribution in [0.2, 0.25) is 0 Å². The van der Waals surface area contributed by atoms with E-state index in [1.165, 1.54) is 12.5 Å². The summed E-state index contributed by atoms with van der Waals surface area (Å²) >= 11 is 0. The number of aliphatic hydroxyl groups excluding tert-OH is 1. The van der Waals surface area contributed by atoms with Crippen LogP contribution in [-0.2, 0) is 19.1 Å². The molecule has 4 aliphatic rings. The van der Waals surface area contributed by atoms with Crippen molar-refractivity contribution in [2.24, 2.45) is 34.5 Å². The largest absolute Gasteiger partial charge is 0.450 e. The minimum Gasteiger partial charge on any atom is -0.450 e. The Kier molecular flexibility index (Phi) is 4.84. The van der Waals surface area contributed by atoms with Crippen molar-refractivity contribution in [2.75, 3.05) is 6.61 Å². The van der Waals surface area contributed by atoms with Crippen LogP contribution >= 0.6 is 0 Å². The van der Waals surface area contributed by atoms with Crippen molar-refractivity contribution in [1.29, 1.82) is 0 Å². The van der Waals surface area contributed by atoms with Gasteiger partial charge in [-0.3, -0.25) is 14.4 Å². The van der Waals surface area contributed by atoms with E-state index < -0.39 is 23.6 Å². The van der Waals surface area contributed by atoms with Crippen LogP contribution in [0.3, 0.4) is 0 Å². The van der Waals surface area contributed by atoms with Crippen LogP contribution in [-0.4, -0.2) is 34.9 Å². The van der Waals surface area contributed by atoms with Crippen molar-refractivity contribution in [3.8, 4) is 0 Å². The number of ether oxygens (including phenoxy) is 1. The molecular weight excluding hydrogens is 368 g/mol. The van der Waals surface area contributed by atoms with Crippen molar-refractivity contribution < 1.29 is 24.2 Å². The zero-order valence-corrected chi connectivity index (χ0v) is 18.1. The number of allylic oxidation sites excluding steroid dienone is 2. The number of ketones is 2. The molecule has 0 spiro atoms. The van der Waals surface area contributed by atoms with Crippen molar-refractivity contribution in [3.05, 3.63) is 11.6 Å². The summed E-state index contributed by atoms with van der Waals surface area (Å²) in [6, 6.07) is 0. The lowest BCUT2D eigenvalue weighted by Gasteiger charge is -2.57. The Balaban J connectivity index is 1.78. The van der Waals surface area contributed by atoms with Crippen LogP contribution < -0.4 is 0 Å². The van der Waals surface area contributed by atoms with E-state index in [4.69, 9.17) is 4.74 Å². The molecule has 3 fully saturated rings. The van der Waals surface area contributed by atoms with Crippen molar-refractivity contribution >= 4 is 17.5 Å². The maximum absolute atomic E-state index is 13.0. The monoisotopic (exact) mass is 402 g/mol. The van der Waals surface area contributed by atoms with E-state index in [9.17, 15) is 19.5 Å². The third-order valence-electron chi connectivity index (χ3n) is 9.25. The molecule has 160 valence electrons. The van der Waals surface area contributed by atoms with Crippen molar-refractivity contribution in [2.45, 2.75) is 78.2 Å². The Labute approximate surface area is 173 Å². The van der Waals surface area contributed by atoms with Crippen molar-refractivity contribution in [1.82, 2.24) is 0 Å². The zero-order valence-electron chi connectivity index (χ0n) is 18.1. The quantitative estimate of drug-likeness (QED) is 0.576. The second kappa shape index (κ2) is 6.76. The van der Waals surface area contributed by atoms with Gasteiger partial charge in [-0.05, 0) is 55.3 Å². The van der Waals surface area contributed by atoms with Crippen LogP contribution in [0, 0.1) is 34.5 Å². The van der Waals surface area contributed by atoms with E-state index in [2.05, 4.69) is 19.9 Å². The summed E-state index contributed by atoms with van der Waals surface area (Å²) in [5.41, 5.74) is -0.235. The van der Waals surface area contributed by atoms with Gasteiger partial charge < -0.3 is 9.84 Å². The fraction of sp³-hybridized carbons (Fsp3) is 0.792. The van der Waals surface area contributed by atoms with Crippen LogP contribution in [0.4, 0.5) is 0 Å². The molecule has 1 N–H and O–H groups in total. The first-order valence-electron chi connectivity index (χ1n) is 11.2. The molecular formula is C24H34O5. The third-order valence-corrected chi connectivity index (χ3v) is 9.25. The number of fused-ring (bicyclic) bond motifs is 5. The summed E-state index contributed by atoms with van der Waals surface area (Å²) in [5.74, 6) is 0.447. The molecule has 4 rings (SSSR count). The predicted octanol–water partition coefficient (Wildman–Crippen LogP) is 3.63. The number of aliphatic hydroxyl groups is 1. The molecule has 7 atom stereocenters. The molecule has 29 heavy (non-hydrogen) atoms. The van der Waals surface area contributed by atoms with Crippen LogP contribution in [0.25, 0.3) is 0 Å². The van der Waals surface area contributed by atoms with Gasteiger partial charge in [0.25, 0.3) is 0 Å². The average molecular weight is 403 g/mol. The molecule has 0 saturated heterocycles. The number of Topliss-reactive ketones (excluding diaryl/α,β-unsaturated/α-hetero) is 2. The standard InChI is InChI=1S/C24H34O5/c1-14-11-20-18-6-5-16-12-17(27)7-9-22(16,3)19(18)8-10-23(20,4)24(14,21(28)13-25)29-15(2)26/h8,14,16,18,20,25H,5-7,9-13H2,1-4H3/t14-,16-,18+,20-,22-,23-,24-/m0/s1. The highest BCUT2D eigenvalue weighted by Gasteiger charge is 2.70. The second-order valence-electron chi connectivity index (χ2n) is 10.5. The summed E-state index contributed by atoms with van der Waals surface area (Å²) in [4.78, 5) is 37.1. The van der Waals surface area contributed by atoms with Gasteiger partial charge in [-0.25, -0.2) is 0 Å². The van der Waals surface area contributed by atoms with Gasteiger partial charge >= 0.3 is 5.97 Å². The third kappa shape index (κ3) is 2.65. The number of carbonyl (C=O) groups excluding carboxylic acids is 3. The highest BCUT2D eigenvalue weighted by Crippen LogP contribution is 2.68. The van der Waals surface area contributed by atoms with Gasteiger partial charge in [-0.2, -0.15) is 0 Å². The van der Waals surface area contributed by atoms with Gasteiger partial charge in [-0.15, -0.1) is 0 Å². The summed E-state index contributed by atoms with van der Waals surface area (Å²) < 4.78 is 5.84. The number of hydrogen-bond acceptors (Lipinski definition) is 5. The fourth-order valence-electron chi connectivity index (χ4n) is 7.86. The maximum atomic E-state index is 13.0. The van der Waals surface area contributed by atoms with Crippen LogP contribution in [0.1, 0.15) is 72.6 Å². The van der Waals surface area contributed by atoms with E-state index in [-0.39, 0.29) is 23.0 Å². The van der Waals surface area contributed by atoms with Gasteiger partial charge in [0.05, 0.1) is 0 Å². The topological polar surface area (TPSA) is 80.7 Å². The summed E-state index contributed by atoms with van der Waals surface area (Å²) in [7, 11) is 0. The second-order valence-corrected chi connectivity index (χ2v) is 10.5. The summed E-state index contributed by atoms with van der Waals surface area (Å²) in [6.45, 7) is 7.16. The first-order chi connectivity index (χ1) is 13.6. The molecule has 0 unspecified atom stereocenters. The minimum absolute atomic E-state index is 0.0645. The predicted molar refractivity (Wildman–Crippen MR) is 108 cm³/mol. The summed E-state index contributed by atoms with van der Waals surface area (Å²) in [5, 5.41) is 9.76. The lowest BCUT2D eigenvalue weighted by atomic mass is 9.48. The molecule has 0 bridgehead atoms. The number of rotatable bonds is 3. The van der Waals surface area contributed by atoms with Crippen molar-refractivity contribution in [3.63, 3.8) is 0 Å². The normalized spacial score (nSPS) is 46.2. The SMILES string of the molecule is CC(=O)O[C@]1(C(=O)CO)[C@@H](C)C[C@H]2[C@@H]3CC[C@H]4CC(=O)CC[C@]4(C)C3=CC[C@@]21C. The Morgan fingerprint density at radius 2 is 2.00 bits per heavy atom. The fourth-order valence-corrected chi connectivity index (χ4v) is 7.86. The van der Waals surface area contributed by atoms with E-state index >= 15 is 0 Å². The summed E-state index contributed by atoms with van der Waals surface area (Å²) in [6.07, 6.45) is 8.14. The lowest BCUT2D eigenvalue weighted by molar-refractivity contribution is -0.189. The number of hydrogen-bond donors (Lipinski definition) is 1. The van der Waals surface area contributed by atoms with Gasteiger partial charge in [0.2, 0.25) is 5.78 Å². The van der Waals surface area contributed by atoms with E-state index in [0.29, 0.717) is 36.9 Å². The molecule has 0 aromatic carbocycles. The highest BCUT2D eigenvalue weighted by atomic mass is 16.6. The molecule has 5 nitrogen and oxygen atoms in total. The first-order valence-corrected chi connectivity index (χ1v) is 11.2. The van der Waals surface area contributed by atoms with Gasteiger partial charge in [0.15, 0.2) is 5.60 Å². The Morgan fingerprint density at radius 3 is 2.66 bits per heavy atom. The molecule has 0 amide bonds. The molecule has 3 saturated carbocycles. The van der Waals surface area contributed by atoms with E-state index in [0.717, 1.165) is 25.7 Å². The van der Waals surface area contributed by atoms with E-state index in [1.54, 1.807) is 0 Å². The number of carbonyl (C=O) groups is 3. The molecule has 4 aliphatic carbocycles. The maximum Gasteiger partial charge on any atom is 0.303 e. The molecule has 0 radical (unpaired) electrons. The van der Waals surface area contributed by atoms with Gasteiger partial charge in [0, 0.05) is 31.1 Å². The molecule has 5 heteroatoms. The van der Waals surface area contributed by atoms with E-state index in [1.807, 2.05) is 6.92 Å². The average Bonchev–Trinajstić information content (AvgIpc) is 2.89. The minimum atomic E-state index is -1.26. The highest BCUT2D eigenvalue weighted by molar-refractivity contribution is 5.92. The van der Waals surface area contributed by atoms with Crippen LogP contribution in [0.15, 0.2) is 11.6 Å². The number of esters is 1. The molecule has 0 aromatic rings. The van der Waals surface area contributed by atoms with Crippen LogP contribution in [0.5, 0.6) is 0 Å². The Morgan fingerprint density at radius 1 is 1.28 bits per heavy atom. The Bertz CT molecular complexity index is 784. The molecule has 0 aromatic heterocycles. The molecule has 0 heterocycles. The first kappa shape index (κ1) is 20.8. The molecule has 0 aliphatic heterocycles. The lowest BCUT2D eigenvalue weighted by Crippen LogP contribution is -2.60.